The number of benzene rings is 4. The lowest BCUT2D eigenvalue weighted by Crippen LogP contribution is -2.35. The van der Waals surface area contributed by atoms with Gasteiger partial charge in [0.1, 0.15) is 11.5 Å². The molecule has 184 valence electrons. The number of para-hydroxylation sites is 1. The van der Waals surface area contributed by atoms with Crippen molar-refractivity contribution >= 4 is 38.3 Å². The molecule has 0 aromatic heterocycles. The lowest BCUT2D eigenvalue weighted by Gasteiger charge is -2.24. The molecule has 4 rings (SSSR count). The van der Waals surface area contributed by atoms with Gasteiger partial charge in [0.05, 0.1) is 5.69 Å². The summed E-state index contributed by atoms with van der Waals surface area (Å²) in [4.78, 5) is 31.3. The Morgan fingerprint density at radius 2 is 1.50 bits per heavy atom. The van der Waals surface area contributed by atoms with E-state index in [4.69, 9.17) is 4.84 Å². The highest BCUT2D eigenvalue weighted by molar-refractivity contribution is 7.90. The zero-order valence-corrected chi connectivity index (χ0v) is 20.6. The van der Waals surface area contributed by atoms with Gasteiger partial charge in [0.2, 0.25) is 5.91 Å². The first-order valence-corrected chi connectivity index (χ1v) is 13.0. The first-order chi connectivity index (χ1) is 17.4. The maximum Gasteiger partial charge on any atom is 0.282 e. The molecule has 7 nitrogen and oxygen atoms in total. The Hall–Kier alpha value is -4.01. The highest BCUT2D eigenvalue weighted by Gasteiger charge is 2.28. The number of hydroxylamine groups is 1. The van der Waals surface area contributed by atoms with Crippen molar-refractivity contribution in [2.75, 3.05) is 5.06 Å². The number of amides is 2. The second-order valence-corrected chi connectivity index (χ2v) is 9.82. The average Bonchev–Trinajstić information content (AvgIpc) is 2.89. The molecule has 0 fully saturated rings. The van der Waals surface area contributed by atoms with E-state index in [9.17, 15) is 18.0 Å². The van der Waals surface area contributed by atoms with Crippen molar-refractivity contribution in [1.82, 2.24) is 4.72 Å². The van der Waals surface area contributed by atoms with Crippen molar-refractivity contribution in [2.45, 2.75) is 31.3 Å². The van der Waals surface area contributed by atoms with Gasteiger partial charge >= 0.3 is 0 Å². The van der Waals surface area contributed by atoms with E-state index < -0.39 is 21.8 Å². The molecule has 0 saturated carbocycles. The summed E-state index contributed by atoms with van der Waals surface area (Å²) in [6.07, 6.45) is 0.559. The molecule has 0 saturated heterocycles. The third kappa shape index (κ3) is 5.79. The number of sulfonamides is 1. The van der Waals surface area contributed by atoms with Gasteiger partial charge in [0.15, 0.2) is 0 Å². The van der Waals surface area contributed by atoms with E-state index in [1.165, 1.54) is 18.2 Å². The van der Waals surface area contributed by atoms with Crippen LogP contribution >= 0.6 is 0 Å². The molecule has 36 heavy (non-hydrogen) atoms. The van der Waals surface area contributed by atoms with Gasteiger partial charge in [-0.1, -0.05) is 73.7 Å². The topological polar surface area (TPSA) is 92.8 Å². The van der Waals surface area contributed by atoms with Crippen molar-refractivity contribution < 1.29 is 22.8 Å². The van der Waals surface area contributed by atoms with Gasteiger partial charge in [0, 0.05) is 12.0 Å². The fourth-order valence-electron chi connectivity index (χ4n) is 3.74. The summed E-state index contributed by atoms with van der Waals surface area (Å²) >= 11 is 0. The smallest absolute Gasteiger partial charge is 0.274 e. The molecule has 0 heterocycles. The Balaban J connectivity index is 1.71. The number of hydrogen-bond donors (Lipinski definition) is 1. The number of anilines is 1. The Kier molecular flexibility index (Phi) is 7.77. The number of nitrogens with zero attached hydrogens (tertiary/aromatic N) is 1. The highest BCUT2D eigenvalue weighted by Crippen LogP contribution is 2.28. The summed E-state index contributed by atoms with van der Waals surface area (Å²) in [5.41, 5.74) is 1.12. The van der Waals surface area contributed by atoms with Crippen LogP contribution in [0, 0.1) is 0 Å². The number of carbonyl (C=O) groups excluding carboxylic acids is 2. The van der Waals surface area contributed by atoms with Gasteiger partial charge in [-0.05, 0) is 53.1 Å². The number of carbonyl (C=O) groups is 2. The standard InChI is InChI=1S/C28H26N2O5S/c1-2-10-27(31)29-36(33,34)26-16-9-8-15-25(26)30(28(32)23-12-4-3-5-13-23)35-20-21-17-18-22-11-6-7-14-24(22)19-21/h3-9,11-19H,2,10,20H2,1H3,(H,29,31). The van der Waals surface area contributed by atoms with E-state index in [1.54, 1.807) is 43.3 Å². The number of rotatable bonds is 9. The molecule has 0 bridgehead atoms. The average molecular weight is 503 g/mol. The van der Waals surface area contributed by atoms with E-state index in [2.05, 4.69) is 4.72 Å². The SMILES string of the molecule is CCCC(=O)NS(=O)(=O)c1ccccc1N(OCc1ccc2ccccc2c1)C(=O)c1ccccc1. The second-order valence-electron chi connectivity index (χ2n) is 8.17. The van der Waals surface area contributed by atoms with E-state index >= 15 is 0 Å². The summed E-state index contributed by atoms with van der Waals surface area (Å²) in [6, 6.07) is 28.0. The summed E-state index contributed by atoms with van der Waals surface area (Å²) in [5, 5.41) is 3.06. The molecular weight excluding hydrogens is 476 g/mol. The van der Waals surface area contributed by atoms with Crippen molar-refractivity contribution in [3.05, 3.63) is 108 Å². The van der Waals surface area contributed by atoms with E-state index in [0.717, 1.165) is 21.4 Å². The number of hydrogen-bond acceptors (Lipinski definition) is 5. The summed E-state index contributed by atoms with van der Waals surface area (Å²) in [6.45, 7) is 1.79. The summed E-state index contributed by atoms with van der Waals surface area (Å²) in [7, 11) is -4.26. The Morgan fingerprint density at radius 1 is 0.833 bits per heavy atom. The maximum atomic E-state index is 13.5. The van der Waals surface area contributed by atoms with Crippen LogP contribution in [0.15, 0.2) is 102 Å². The zero-order valence-electron chi connectivity index (χ0n) is 19.8. The van der Waals surface area contributed by atoms with Crippen molar-refractivity contribution in [3.8, 4) is 0 Å². The number of nitrogens with one attached hydrogen (secondary N) is 1. The monoisotopic (exact) mass is 502 g/mol. The van der Waals surface area contributed by atoms with Crippen LogP contribution in [0.2, 0.25) is 0 Å². The van der Waals surface area contributed by atoms with Crippen LogP contribution < -0.4 is 9.79 Å². The van der Waals surface area contributed by atoms with Crippen molar-refractivity contribution in [2.24, 2.45) is 0 Å². The Labute approximate surface area is 210 Å². The number of fused-ring (bicyclic) bond motifs is 1. The van der Waals surface area contributed by atoms with Crippen LogP contribution in [0.3, 0.4) is 0 Å². The van der Waals surface area contributed by atoms with Crippen LogP contribution in [0.25, 0.3) is 10.8 Å². The minimum absolute atomic E-state index is 0.00365. The molecular formula is C28H26N2O5S. The van der Waals surface area contributed by atoms with Crippen LogP contribution in [-0.2, 0) is 26.3 Å². The van der Waals surface area contributed by atoms with Gasteiger partial charge in [-0.2, -0.15) is 5.06 Å². The zero-order chi connectivity index (χ0) is 25.5. The molecule has 4 aromatic carbocycles. The quantitative estimate of drug-likeness (QED) is 0.317. The molecule has 2 amide bonds. The molecule has 0 spiro atoms. The summed E-state index contributed by atoms with van der Waals surface area (Å²) in [5.74, 6) is -1.16. The van der Waals surface area contributed by atoms with Gasteiger partial charge in [-0.3, -0.25) is 14.4 Å². The fraction of sp³-hybridized carbons (Fsp3) is 0.143. The van der Waals surface area contributed by atoms with Gasteiger partial charge < -0.3 is 0 Å². The molecule has 0 unspecified atom stereocenters. The molecule has 0 aliphatic rings. The lowest BCUT2D eigenvalue weighted by molar-refractivity contribution is -0.119. The highest BCUT2D eigenvalue weighted by atomic mass is 32.2. The van der Waals surface area contributed by atoms with Gasteiger partial charge in [0.25, 0.3) is 15.9 Å². The molecule has 1 N–H and O–H groups in total. The molecule has 0 radical (unpaired) electrons. The van der Waals surface area contributed by atoms with E-state index in [0.29, 0.717) is 12.0 Å². The van der Waals surface area contributed by atoms with Crippen molar-refractivity contribution in [1.29, 1.82) is 0 Å². The Morgan fingerprint density at radius 3 is 2.25 bits per heavy atom. The molecule has 0 atom stereocenters. The van der Waals surface area contributed by atoms with Crippen LogP contribution in [0.4, 0.5) is 5.69 Å². The third-order valence-electron chi connectivity index (χ3n) is 5.48. The second kappa shape index (κ2) is 11.2. The third-order valence-corrected chi connectivity index (χ3v) is 6.90. The predicted octanol–water partition coefficient (Wildman–Crippen LogP) is 5.22. The van der Waals surface area contributed by atoms with Crippen molar-refractivity contribution in [3.63, 3.8) is 0 Å². The normalized spacial score (nSPS) is 11.2. The Bertz CT molecular complexity index is 1490. The van der Waals surface area contributed by atoms with Crippen LogP contribution in [0.5, 0.6) is 0 Å². The molecule has 4 aromatic rings. The minimum Gasteiger partial charge on any atom is -0.274 e. The van der Waals surface area contributed by atoms with Crippen LogP contribution in [0.1, 0.15) is 35.7 Å². The molecule has 0 aliphatic heterocycles. The largest absolute Gasteiger partial charge is 0.282 e. The molecule has 8 heteroatoms. The van der Waals surface area contributed by atoms with Gasteiger partial charge in [-0.15, -0.1) is 0 Å². The summed E-state index contributed by atoms with van der Waals surface area (Å²) < 4.78 is 28.3. The van der Waals surface area contributed by atoms with Gasteiger partial charge in [-0.25, -0.2) is 13.1 Å². The van der Waals surface area contributed by atoms with E-state index in [1.807, 2.05) is 42.5 Å². The minimum atomic E-state index is -4.26. The maximum absolute atomic E-state index is 13.5. The molecule has 0 aliphatic carbocycles. The first-order valence-electron chi connectivity index (χ1n) is 11.5. The lowest BCUT2D eigenvalue weighted by atomic mass is 10.1. The predicted molar refractivity (Wildman–Crippen MR) is 139 cm³/mol. The van der Waals surface area contributed by atoms with E-state index in [-0.39, 0.29) is 23.6 Å². The fourth-order valence-corrected chi connectivity index (χ4v) is 4.93. The first kappa shape index (κ1) is 25.1. The van der Waals surface area contributed by atoms with Crippen LogP contribution in [-0.4, -0.2) is 20.2 Å².